The Kier molecular flexibility index (Phi) is 5.13. The van der Waals surface area contributed by atoms with Crippen molar-refractivity contribution in [2.24, 2.45) is 17.1 Å². The van der Waals surface area contributed by atoms with Crippen LogP contribution in [0.25, 0.3) is 0 Å². The molecule has 84 valence electrons. The molecule has 3 heteroatoms. The van der Waals surface area contributed by atoms with Crippen LogP contribution in [0.5, 0.6) is 0 Å². The smallest absolute Gasteiger partial charge is 0.323 e. The second-order valence-corrected chi connectivity index (χ2v) is 5.08. The molecule has 0 saturated heterocycles. The molecule has 0 heterocycles. The van der Waals surface area contributed by atoms with Crippen LogP contribution < -0.4 is 5.73 Å². The summed E-state index contributed by atoms with van der Waals surface area (Å²) in [6, 6.07) is -0.484. The van der Waals surface area contributed by atoms with E-state index >= 15 is 0 Å². The van der Waals surface area contributed by atoms with Crippen LogP contribution >= 0.6 is 0 Å². The van der Waals surface area contributed by atoms with E-state index < -0.39 is 6.04 Å². The first kappa shape index (κ1) is 13.4. The molecule has 0 aliphatic rings. The van der Waals surface area contributed by atoms with Gasteiger partial charge in [0.1, 0.15) is 6.04 Å². The third-order valence-corrected chi connectivity index (χ3v) is 2.18. The zero-order valence-corrected chi connectivity index (χ0v) is 9.96. The molecule has 0 bridgehead atoms. The molecular weight excluding hydrogens is 178 g/mol. The Balaban J connectivity index is 3.97. The lowest BCUT2D eigenvalue weighted by atomic mass is 9.98. The number of ether oxygens (including phenoxy) is 1. The van der Waals surface area contributed by atoms with E-state index in [-0.39, 0.29) is 17.3 Å². The summed E-state index contributed by atoms with van der Waals surface area (Å²) in [6.07, 6.45) is 0.895. The SMILES string of the molecule is CCC(C)C(N)C(=O)OCC(C)(C)C. The van der Waals surface area contributed by atoms with Gasteiger partial charge in [0.15, 0.2) is 0 Å². The maximum atomic E-state index is 11.4. The topological polar surface area (TPSA) is 52.3 Å². The summed E-state index contributed by atoms with van der Waals surface area (Å²) in [5.41, 5.74) is 5.73. The number of hydrogen-bond acceptors (Lipinski definition) is 3. The van der Waals surface area contributed by atoms with Crippen LogP contribution in [-0.4, -0.2) is 18.6 Å². The van der Waals surface area contributed by atoms with E-state index in [9.17, 15) is 4.79 Å². The summed E-state index contributed by atoms with van der Waals surface area (Å²) in [5.74, 6) is -0.100. The molecule has 0 aliphatic carbocycles. The molecule has 0 amide bonds. The van der Waals surface area contributed by atoms with Gasteiger partial charge in [-0.25, -0.2) is 0 Å². The fourth-order valence-electron chi connectivity index (χ4n) is 0.870. The molecule has 0 radical (unpaired) electrons. The third-order valence-electron chi connectivity index (χ3n) is 2.18. The second-order valence-electron chi connectivity index (χ2n) is 5.08. The van der Waals surface area contributed by atoms with Gasteiger partial charge < -0.3 is 10.5 Å². The van der Waals surface area contributed by atoms with Crippen molar-refractivity contribution in [1.29, 1.82) is 0 Å². The molecule has 2 N–H and O–H groups in total. The molecule has 2 unspecified atom stereocenters. The zero-order chi connectivity index (χ0) is 11.4. The molecule has 2 atom stereocenters. The fraction of sp³-hybridized carbons (Fsp3) is 0.909. The Morgan fingerprint density at radius 1 is 1.43 bits per heavy atom. The van der Waals surface area contributed by atoms with Crippen molar-refractivity contribution in [1.82, 2.24) is 0 Å². The molecule has 0 aliphatic heterocycles. The van der Waals surface area contributed by atoms with Crippen molar-refractivity contribution < 1.29 is 9.53 Å². The minimum absolute atomic E-state index is 0.00479. The van der Waals surface area contributed by atoms with Gasteiger partial charge in [0.2, 0.25) is 0 Å². The normalized spacial score (nSPS) is 16.1. The highest BCUT2D eigenvalue weighted by molar-refractivity contribution is 5.75. The fourth-order valence-corrected chi connectivity index (χ4v) is 0.870. The molecule has 0 aromatic rings. The zero-order valence-electron chi connectivity index (χ0n) is 9.96. The van der Waals surface area contributed by atoms with E-state index in [1.807, 2.05) is 34.6 Å². The Hall–Kier alpha value is -0.570. The van der Waals surface area contributed by atoms with Gasteiger partial charge in [-0.3, -0.25) is 4.79 Å². The van der Waals surface area contributed by atoms with E-state index in [0.29, 0.717) is 6.61 Å². The lowest BCUT2D eigenvalue weighted by Crippen LogP contribution is -2.39. The molecule has 14 heavy (non-hydrogen) atoms. The van der Waals surface area contributed by atoms with Crippen molar-refractivity contribution in [3.8, 4) is 0 Å². The van der Waals surface area contributed by atoms with Crippen molar-refractivity contribution in [2.75, 3.05) is 6.61 Å². The van der Waals surface area contributed by atoms with E-state index in [1.54, 1.807) is 0 Å². The lowest BCUT2D eigenvalue weighted by Gasteiger charge is -2.21. The maximum Gasteiger partial charge on any atom is 0.323 e. The largest absolute Gasteiger partial charge is 0.464 e. The number of esters is 1. The Labute approximate surface area is 87.0 Å². The van der Waals surface area contributed by atoms with Crippen molar-refractivity contribution in [3.63, 3.8) is 0 Å². The maximum absolute atomic E-state index is 11.4. The average molecular weight is 201 g/mol. The number of hydrogen-bond donors (Lipinski definition) is 1. The van der Waals surface area contributed by atoms with E-state index in [4.69, 9.17) is 10.5 Å². The van der Waals surface area contributed by atoms with Crippen molar-refractivity contribution in [2.45, 2.75) is 47.1 Å². The molecular formula is C11H23NO2. The Bertz CT molecular complexity index is 184. The summed E-state index contributed by atoms with van der Waals surface area (Å²) in [5, 5.41) is 0. The van der Waals surface area contributed by atoms with Gasteiger partial charge in [-0.2, -0.15) is 0 Å². The van der Waals surface area contributed by atoms with E-state index in [0.717, 1.165) is 6.42 Å². The van der Waals surface area contributed by atoms with E-state index in [1.165, 1.54) is 0 Å². The van der Waals surface area contributed by atoms with Gasteiger partial charge >= 0.3 is 5.97 Å². The predicted molar refractivity (Wildman–Crippen MR) is 57.8 cm³/mol. The summed E-state index contributed by atoms with van der Waals surface area (Å²) >= 11 is 0. The molecule has 0 fully saturated rings. The minimum atomic E-state index is -0.484. The third kappa shape index (κ3) is 5.22. The highest BCUT2D eigenvalue weighted by Crippen LogP contribution is 2.14. The van der Waals surface area contributed by atoms with Gasteiger partial charge in [0.25, 0.3) is 0 Å². The van der Waals surface area contributed by atoms with Gasteiger partial charge in [0, 0.05) is 0 Å². The standard InChI is InChI=1S/C11H23NO2/c1-6-8(2)9(12)10(13)14-7-11(3,4)5/h8-9H,6-7,12H2,1-5H3. The first-order valence-corrected chi connectivity index (χ1v) is 5.20. The summed E-state index contributed by atoms with van der Waals surface area (Å²) in [6.45, 7) is 10.5. The quantitative estimate of drug-likeness (QED) is 0.707. The predicted octanol–water partition coefficient (Wildman–Crippen LogP) is 1.95. The number of carbonyl (C=O) groups excluding carboxylic acids is 1. The van der Waals surface area contributed by atoms with Crippen LogP contribution in [0.15, 0.2) is 0 Å². The Morgan fingerprint density at radius 3 is 2.29 bits per heavy atom. The Morgan fingerprint density at radius 2 is 1.93 bits per heavy atom. The highest BCUT2D eigenvalue weighted by atomic mass is 16.5. The van der Waals surface area contributed by atoms with Crippen molar-refractivity contribution in [3.05, 3.63) is 0 Å². The molecule has 0 spiro atoms. The molecule has 0 rings (SSSR count). The van der Waals surface area contributed by atoms with Crippen LogP contribution in [0.4, 0.5) is 0 Å². The monoisotopic (exact) mass is 201 g/mol. The minimum Gasteiger partial charge on any atom is -0.464 e. The summed E-state index contributed by atoms with van der Waals surface area (Å²) in [4.78, 5) is 11.4. The molecule has 0 aromatic carbocycles. The van der Waals surface area contributed by atoms with Gasteiger partial charge in [0.05, 0.1) is 6.61 Å². The van der Waals surface area contributed by atoms with Gasteiger partial charge in [-0.15, -0.1) is 0 Å². The summed E-state index contributed by atoms with van der Waals surface area (Å²) < 4.78 is 5.13. The lowest BCUT2D eigenvalue weighted by molar-refractivity contribution is -0.149. The second kappa shape index (κ2) is 5.35. The van der Waals surface area contributed by atoms with Gasteiger partial charge in [-0.05, 0) is 11.3 Å². The number of nitrogens with two attached hydrogens (primary N) is 1. The van der Waals surface area contributed by atoms with Crippen LogP contribution in [0.1, 0.15) is 41.0 Å². The van der Waals surface area contributed by atoms with Crippen LogP contribution in [0.2, 0.25) is 0 Å². The average Bonchev–Trinajstić information content (AvgIpc) is 2.10. The first-order valence-electron chi connectivity index (χ1n) is 5.20. The molecule has 0 saturated carbocycles. The molecule has 0 aromatic heterocycles. The molecule has 3 nitrogen and oxygen atoms in total. The number of rotatable bonds is 4. The first-order chi connectivity index (χ1) is 6.28. The summed E-state index contributed by atoms with van der Waals surface area (Å²) in [7, 11) is 0. The highest BCUT2D eigenvalue weighted by Gasteiger charge is 2.22. The number of carbonyl (C=O) groups is 1. The van der Waals surface area contributed by atoms with Gasteiger partial charge in [-0.1, -0.05) is 41.0 Å². The van der Waals surface area contributed by atoms with Crippen LogP contribution in [0, 0.1) is 11.3 Å². The van der Waals surface area contributed by atoms with E-state index in [2.05, 4.69) is 0 Å². The van der Waals surface area contributed by atoms with Crippen LogP contribution in [0.3, 0.4) is 0 Å². The van der Waals surface area contributed by atoms with Crippen molar-refractivity contribution >= 4 is 5.97 Å². The van der Waals surface area contributed by atoms with Crippen LogP contribution in [-0.2, 0) is 9.53 Å².